The average Bonchev–Trinajstić information content (AvgIpc) is 2.48. The van der Waals surface area contributed by atoms with Crippen LogP contribution in [0.15, 0.2) is 46.9 Å². The lowest BCUT2D eigenvalue weighted by Gasteiger charge is -2.18. The van der Waals surface area contributed by atoms with Gasteiger partial charge in [-0.05, 0) is 52.2 Å². The number of halogens is 2. The van der Waals surface area contributed by atoms with Gasteiger partial charge in [0.15, 0.2) is 0 Å². The summed E-state index contributed by atoms with van der Waals surface area (Å²) >= 11 is 3.09. The zero-order chi connectivity index (χ0) is 14.7. The molecule has 0 spiro atoms. The second-order valence-corrected chi connectivity index (χ2v) is 5.34. The van der Waals surface area contributed by atoms with Gasteiger partial charge in [-0.25, -0.2) is 4.39 Å². The van der Waals surface area contributed by atoms with E-state index in [0.717, 1.165) is 12.1 Å². The van der Waals surface area contributed by atoms with Crippen LogP contribution in [-0.2, 0) is 6.42 Å². The first kappa shape index (κ1) is 14.7. The van der Waals surface area contributed by atoms with Crippen LogP contribution in [0.25, 0.3) is 0 Å². The number of nitrogens with zero attached hydrogens (tertiary/aromatic N) is 1. The third-order valence-electron chi connectivity index (χ3n) is 3.22. The number of hydrogen-bond acceptors (Lipinski definition) is 1. The predicted molar refractivity (Wildman–Crippen MR) is 82.7 cm³/mol. The summed E-state index contributed by atoms with van der Waals surface area (Å²) in [5.41, 5.74) is 2.00. The molecule has 2 nitrogen and oxygen atoms in total. The smallest absolute Gasteiger partial charge is 0.261 e. The molecular weight excluding hydrogens is 321 g/mol. The topological polar surface area (TPSA) is 20.3 Å². The Hall–Kier alpha value is -1.68. The van der Waals surface area contributed by atoms with Gasteiger partial charge < -0.3 is 4.90 Å². The molecule has 2 aromatic carbocycles. The third kappa shape index (κ3) is 2.90. The molecule has 0 aliphatic heterocycles. The minimum absolute atomic E-state index is 0.0569. The van der Waals surface area contributed by atoms with Gasteiger partial charge in [-0.3, -0.25) is 4.79 Å². The Morgan fingerprint density at radius 3 is 2.45 bits per heavy atom. The number of aryl methyl sites for hydroxylation is 1. The SMILES string of the molecule is CCc1ccc(N(C)C(=O)c2cccc(Br)c2F)cc1. The molecule has 20 heavy (non-hydrogen) atoms. The van der Waals surface area contributed by atoms with Gasteiger partial charge in [0.25, 0.3) is 5.91 Å². The number of hydrogen-bond donors (Lipinski definition) is 0. The highest BCUT2D eigenvalue weighted by Crippen LogP contribution is 2.22. The van der Waals surface area contributed by atoms with Crippen LogP contribution in [-0.4, -0.2) is 13.0 Å². The summed E-state index contributed by atoms with van der Waals surface area (Å²) < 4.78 is 14.2. The van der Waals surface area contributed by atoms with E-state index in [-0.39, 0.29) is 15.9 Å². The number of amides is 1. The first-order chi connectivity index (χ1) is 9.54. The highest BCUT2D eigenvalue weighted by molar-refractivity contribution is 9.10. The Labute approximate surface area is 126 Å². The molecule has 1 amide bonds. The van der Waals surface area contributed by atoms with E-state index in [1.165, 1.54) is 16.5 Å². The van der Waals surface area contributed by atoms with Crippen LogP contribution >= 0.6 is 15.9 Å². The standard InChI is InChI=1S/C16H15BrFNO/c1-3-11-7-9-12(10-8-11)19(2)16(20)13-5-4-6-14(17)15(13)18/h4-10H,3H2,1-2H3. The molecule has 0 fully saturated rings. The van der Waals surface area contributed by atoms with Crippen LogP contribution in [0.1, 0.15) is 22.8 Å². The Bertz CT molecular complexity index is 625. The van der Waals surface area contributed by atoms with E-state index in [0.29, 0.717) is 0 Å². The fraction of sp³-hybridized carbons (Fsp3) is 0.188. The summed E-state index contributed by atoms with van der Waals surface area (Å²) in [4.78, 5) is 13.8. The lowest BCUT2D eigenvalue weighted by Crippen LogP contribution is -2.27. The quantitative estimate of drug-likeness (QED) is 0.812. The van der Waals surface area contributed by atoms with Crippen molar-refractivity contribution >= 4 is 27.5 Å². The van der Waals surface area contributed by atoms with Crippen LogP contribution in [0.4, 0.5) is 10.1 Å². The first-order valence-corrected chi connectivity index (χ1v) is 7.15. The summed E-state index contributed by atoms with van der Waals surface area (Å²) in [6, 6.07) is 12.4. The lowest BCUT2D eigenvalue weighted by molar-refractivity contribution is 0.0989. The average molecular weight is 336 g/mol. The zero-order valence-electron chi connectivity index (χ0n) is 11.4. The van der Waals surface area contributed by atoms with Crippen molar-refractivity contribution in [2.75, 3.05) is 11.9 Å². The van der Waals surface area contributed by atoms with E-state index in [1.54, 1.807) is 19.2 Å². The van der Waals surface area contributed by atoms with Crippen molar-refractivity contribution in [3.8, 4) is 0 Å². The van der Waals surface area contributed by atoms with Crippen molar-refractivity contribution in [1.29, 1.82) is 0 Å². The molecule has 2 rings (SSSR count). The maximum Gasteiger partial charge on any atom is 0.261 e. The van der Waals surface area contributed by atoms with Gasteiger partial charge in [0.2, 0.25) is 0 Å². The fourth-order valence-electron chi connectivity index (χ4n) is 1.92. The summed E-state index contributed by atoms with van der Waals surface area (Å²) in [6.07, 6.45) is 0.943. The van der Waals surface area contributed by atoms with Gasteiger partial charge in [0.1, 0.15) is 5.82 Å². The number of carbonyl (C=O) groups is 1. The van der Waals surface area contributed by atoms with Gasteiger partial charge in [-0.15, -0.1) is 0 Å². The minimum atomic E-state index is -0.533. The van der Waals surface area contributed by atoms with Crippen LogP contribution in [0.5, 0.6) is 0 Å². The van der Waals surface area contributed by atoms with Crippen molar-refractivity contribution < 1.29 is 9.18 Å². The summed E-state index contributed by atoms with van der Waals surface area (Å²) in [7, 11) is 1.64. The van der Waals surface area contributed by atoms with Crippen LogP contribution in [0, 0.1) is 5.82 Å². The van der Waals surface area contributed by atoms with E-state index >= 15 is 0 Å². The molecule has 0 N–H and O–H groups in total. The van der Waals surface area contributed by atoms with Crippen LogP contribution in [0.2, 0.25) is 0 Å². The van der Waals surface area contributed by atoms with Crippen LogP contribution < -0.4 is 4.90 Å². The normalized spacial score (nSPS) is 10.4. The molecule has 0 unspecified atom stereocenters. The second-order valence-electron chi connectivity index (χ2n) is 4.49. The van der Waals surface area contributed by atoms with E-state index < -0.39 is 5.82 Å². The van der Waals surface area contributed by atoms with Gasteiger partial charge in [-0.1, -0.05) is 25.1 Å². The van der Waals surface area contributed by atoms with Gasteiger partial charge in [0, 0.05) is 12.7 Å². The first-order valence-electron chi connectivity index (χ1n) is 6.35. The van der Waals surface area contributed by atoms with E-state index in [9.17, 15) is 9.18 Å². The summed E-state index contributed by atoms with van der Waals surface area (Å²) in [5.74, 6) is -0.900. The number of anilines is 1. The molecule has 104 valence electrons. The van der Waals surface area contributed by atoms with Crippen molar-refractivity contribution in [2.45, 2.75) is 13.3 Å². The molecular formula is C16H15BrFNO. The number of carbonyl (C=O) groups excluding carboxylic acids is 1. The molecule has 0 atom stereocenters. The second kappa shape index (κ2) is 6.18. The Kier molecular flexibility index (Phi) is 4.55. The van der Waals surface area contributed by atoms with Crippen molar-refractivity contribution in [3.63, 3.8) is 0 Å². The number of rotatable bonds is 3. The highest BCUT2D eigenvalue weighted by atomic mass is 79.9. The van der Waals surface area contributed by atoms with Gasteiger partial charge in [0.05, 0.1) is 10.0 Å². The molecule has 0 radical (unpaired) electrons. The van der Waals surface area contributed by atoms with Gasteiger partial charge >= 0.3 is 0 Å². The number of benzene rings is 2. The maximum absolute atomic E-state index is 14.0. The van der Waals surface area contributed by atoms with Crippen molar-refractivity contribution in [2.24, 2.45) is 0 Å². The molecule has 0 aliphatic carbocycles. The Morgan fingerprint density at radius 2 is 1.85 bits per heavy atom. The molecule has 0 saturated heterocycles. The van der Waals surface area contributed by atoms with Gasteiger partial charge in [-0.2, -0.15) is 0 Å². The molecule has 0 aliphatic rings. The molecule has 4 heteroatoms. The third-order valence-corrected chi connectivity index (χ3v) is 3.83. The van der Waals surface area contributed by atoms with Crippen molar-refractivity contribution in [1.82, 2.24) is 0 Å². The highest BCUT2D eigenvalue weighted by Gasteiger charge is 2.18. The molecule has 0 bridgehead atoms. The van der Waals surface area contributed by atoms with E-state index in [2.05, 4.69) is 22.9 Å². The summed E-state index contributed by atoms with van der Waals surface area (Å²) in [5, 5.41) is 0. The zero-order valence-corrected chi connectivity index (χ0v) is 12.9. The van der Waals surface area contributed by atoms with E-state index in [1.807, 2.05) is 24.3 Å². The summed E-state index contributed by atoms with van der Waals surface area (Å²) in [6.45, 7) is 2.07. The van der Waals surface area contributed by atoms with Crippen LogP contribution in [0.3, 0.4) is 0 Å². The largest absolute Gasteiger partial charge is 0.311 e. The Morgan fingerprint density at radius 1 is 1.20 bits per heavy atom. The maximum atomic E-state index is 14.0. The van der Waals surface area contributed by atoms with E-state index in [4.69, 9.17) is 0 Å². The fourth-order valence-corrected chi connectivity index (χ4v) is 2.29. The lowest BCUT2D eigenvalue weighted by atomic mass is 10.1. The minimum Gasteiger partial charge on any atom is -0.311 e. The molecule has 2 aromatic rings. The van der Waals surface area contributed by atoms with Crippen molar-refractivity contribution in [3.05, 3.63) is 63.9 Å². The molecule has 0 heterocycles. The Balaban J connectivity index is 2.29. The monoisotopic (exact) mass is 335 g/mol. The molecule has 0 aromatic heterocycles. The predicted octanol–water partition coefficient (Wildman–Crippen LogP) is 4.43. The molecule has 0 saturated carbocycles.